The number of nitro groups is 1. The van der Waals surface area contributed by atoms with Crippen molar-refractivity contribution in [3.8, 4) is 5.75 Å². The SMILES string of the molecule is Cc1cc(OC2CCNC2)c([N+](=O)[O-])cc1F. The van der Waals surface area contributed by atoms with Gasteiger partial charge in [0.05, 0.1) is 11.0 Å². The molecule has 0 aromatic heterocycles. The van der Waals surface area contributed by atoms with Crippen LogP contribution < -0.4 is 10.1 Å². The van der Waals surface area contributed by atoms with E-state index in [9.17, 15) is 14.5 Å². The second-order valence-electron chi connectivity index (χ2n) is 4.06. The number of benzene rings is 1. The zero-order chi connectivity index (χ0) is 12.4. The largest absolute Gasteiger partial charge is 0.482 e. The molecule has 1 aromatic rings. The van der Waals surface area contributed by atoms with Gasteiger partial charge in [0.25, 0.3) is 0 Å². The summed E-state index contributed by atoms with van der Waals surface area (Å²) >= 11 is 0. The summed E-state index contributed by atoms with van der Waals surface area (Å²) in [6, 6.07) is 2.29. The Balaban J connectivity index is 2.29. The lowest BCUT2D eigenvalue weighted by molar-refractivity contribution is -0.386. The van der Waals surface area contributed by atoms with Crippen molar-refractivity contribution in [2.75, 3.05) is 13.1 Å². The molecule has 1 aliphatic rings. The van der Waals surface area contributed by atoms with Crippen LogP contribution in [0.5, 0.6) is 5.75 Å². The van der Waals surface area contributed by atoms with Gasteiger partial charge in [-0.3, -0.25) is 10.1 Å². The van der Waals surface area contributed by atoms with E-state index in [0.717, 1.165) is 19.0 Å². The lowest BCUT2D eigenvalue weighted by Gasteiger charge is -2.13. The number of nitro benzene ring substituents is 1. The smallest absolute Gasteiger partial charge is 0.313 e. The fraction of sp³-hybridized carbons (Fsp3) is 0.455. The molecule has 0 bridgehead atoms. The Morgan fingerprint density at radius 1 is 1.59 bits per heavy atom. The number of hydrogen-bond acceptors (Lipinski definition) is 4. The maximum absolute atomic E-state index is 13.3. The van der Waals surface area contributed by atoms with Gasteiger partial charge in [-0.15, -0.1) is 0 Å². The highest BCUT2D eigenvalue weighted by molar-refractivity contribution is 5.49. The maximum Gasteiger partial charge on any atom is 0.313 e. The molecule has 0 spiro atoms. The van der Waals surface area contributed by atoms with Crippen LogP contribution in [0.2, 0.25) is 0 Å². The lowest BCUT2D eigenvalue weighted by Crippen LogP contribution is -2.20. The third-order valence-electron chi connectivity index (χ3n) is 2.75. The van der Waals surface area contributed by atoms with E-state index in [-0.39, 0.29) is 17.5 Å². The summed E-state index contributed by atoms with van der Waals surface area (Å²) < 4.78 is 18.8. The molecule has 1 heterocycles. The fourth-order valence-electron chi connectivity index (χ4n) is 1.79. The molecule has 0 saturated carbocycles. The van der Waals surface area contributed by atoms with E-state index in [2.05, 4.69) is 5.32 Å². The van der Waals surface area contributed by atoms with Gasteiger partial charge in [-0.2, -0.15) is 0 Å². The van der Waals surface area contributed by atoms with Crippen molar-refractivity contribution in [3.63, 3.8) is 0 Å². The Hall–Kier alpha value is -1.69. The topological polar surface area (TPSA) is 64.4 Å². The number of ether oxygens (including phenoxy) is 1. The van der Waals surface area contributed by atoms with Gasteiger partial charge < -0.3 is 10.1 Å². The van der Waals surface area contributed by atoms with Crippen LogP contribution in [-0.4, -0.2) is 24.1 Å². The number of halogens is 1. The predicted octanol–water partition coefficient (Wildman–Crippen LogP) is 1.78. The Kier molecular flexibility index (Phi) is 3.23. The summed E-state index contributed by atoms with van der Waals surface area (Å²) in [7, 11) is 0. The zero-order valence-corrected chi connectivity index (χ0v) is 9.40. The normalized spacial score (nSPS) is 19.3. The first-order valence-corrected chi connectivity index (χ1v) is 5.40. The average molecular weight is 240 g/mol. The highest BCUT2D eigenvalue weighted by atomic mass is 19.1. The van der Waals surface area contributed by atoms with Gasteiger partial charge in [0.2, 0.25) is 0 Å². The molecule has 1 fully saturated rings. The van der Waals surface area contributed by atoms with Crippen LogP contribution in [0.25, 0.3) is 0 Å². The van der Waals surface area contributed by atoms with E-state index < -0.39 is 10.7 Å². The molecule has 92 valence electrons. The Morgan fingerprint density at radius 3 is 2.94 bits per heavy atom. The molecule has 1 unspecified atom stereocenters. The molecule has 6 heteroatoms. The average Bonchev–Trinajstić information content (AvgIpc) is 2.75. The van der Waals surface area contributed by atoms with Crippen LogP contribution >= 0.6 is 0 Å². The predicted molar refractivity (Wildman–Crippen MR) is 59.7 cm³/mol. The summed E-state index contributed by atoms with van der Waals surface area (Å²) in [5.74, 6) is -0.448. The quantitative estimate of drug-likeness (QED) is 0.646. The summed E-state index contributed by atoms with van der Waals surface area (Å²) in [6.07, 6.45) is 0.715. The monoisotopic (exact) mass is 240 g/mol. The van der Waals surface area contributed by atoms with Crippen molar-refractivity contribution >= 4 is 5.69 Å². The Bertz CT molecular complexity index is 445. The van der Waals surface area contributed by atoms with Gasteiger partial charge >= 0.3 is 5.69 Å². The third-order valence-corrected chi connectivity index (χ3v) is 2.75. The summed E-state index contributed by atoms with van der Waals surface area (Å²) in [5, 5.41) is 13.9. The Morgan fingerprint density at radius 2 is 2.35 bits per heavy atom. The van der Waals surface area contributed by atoms with E-state index in [1.165, 1.54) is 6.07 Å². The van der Waals surface area contributed by atoms with Gasteiger partial charge in [-0.25, -0.2) is 4.39 Å². The Labute approximate surface area is 97.7 Å². The summed E-state index contributed by atoms with van der Waals surface area (Å²) in [6.45, 7) is 3.05. The number of nitrogens with one attached hydrogen (secondary N) is 1. The first-order chi connectivity index (χ1) is 8.08. The highest BCUT2D eigenvalue weighted by Gasteiger charge is 2.23. The summed E-state index contributed by atoms with van der Waals surface area (Å²) in [5.41, 5.74) is 0.0246. The number of hydrogen-bond donors (Lipinski definition) is 1. The standard InChI is InChI=1S/C11H13FN2O3/c1-7-4-11(17-8-2-3-13-6-8)10(14(15)16)5-9(7)12/h4-5,8,13H,2-3,6H2,1H3. The minimum absolute atomic E-state index is 0.0847. The van der Waals surface area contributed by atoms with Crippen LogP contribution in [0.1, 0.15) is 12.0 Å². The van der Waals surface area contributed by atoms with Crippen molar-refractivity contribution < 1.29 is 14.1 Å². The van der Waals surface area contributed by atoms with Gasteiger partial charge in [0.15, 0.2) is 5.75 Å². The molecule has 1 atom stereocenters. The van der Waals surface area contributed by atoms with Crippen molar-refractivity contribution in [1.29, 1.82) is 0 Å². The highest BCUT2D eigenvalue weighted by Crippen LogP contribution is 2.31. The van der Waals surface area contributed by atoms with Crippen molar-refractivity contribution in [1.82, 2.24) is 5.32 Å². The molecule has 17 heavy (non-hydrogen) atoms. The fourth-order valence-corrected chi connectivity index (χ4v) is 1.79. The van der Waals surface area contributed by atoms with Crippen molar-refractivity contribution in [2.45, 2.75) is 19.4 Å². The molecular formula is C11H13FN2O3. The van der Waals surface area contributed by atoms with E-state index in [1.807, 2.05) is 0 Å². The second-order valence-corrected chi connectivity index (χ2v) is 4.06. The molecule has 1 aromatic carbocycles. The first-order valence-electron chi connectivity index (χ1n) is 5.40. The lowest BCUT2D eigenvalue weighted by atomic mass is 10.2. The van der Waals surface area contributed by atoms with E-state index >= 15 is 0 Å². The number of aryl methyl sites for hydroxylation is 1. The molecule has 0 aliphatic carbocycles. The van der Waals surface area contributed by atoms with Crippen LogP contribution in [0.15, 0.2) is 12.1 Å². The molecule has 1 saturated heterocycles. The minimum atomic E-state index is -0.625. The second kappa shape index (κ2) is 4.67. The molecule has 1 N–H and O–H groups in total. The van der Waals surface area contributed by atoms with E-state index in [4.69, 9.17) is 4.74 Å². The van der Waals surface area contributed by atoms with Gasteiger partial charge in [-0.1, -0.05) is 0 Å². The van der Waals surface area contributed by atoms with Crippen LogP contribution in [0.3, 0.4) is 0 Å². The molecule has 5 nitrogen and oxygen atoms in total. The number of nitrogens with zero attached hydrogens (tertiary/aromatic N) is 1. The van der Waals surface area contributed by atoms with Crippen LogP contribution in [0, 0.1) is 22.9 Å². The number of rotatable bonds is 3. The van der Waals surface area contributed by atoms with Gasteiger partial charge in [0, 0.05) is 6.54 Å². The minimum Gasteiger partial charge on any atom is -0.482 e. The molecule has 1 aliphatic heterocycles. The van der Waals surface area contributed by atoms with Crippen LogP contribution in [-0.2, 0) is 0 Å². The maximum atomic E-state index is 13.3. The van der Waals surface area contributed by atoms with Crippen LogP contribution in [0.4, 0.5) is 10.1 Å². The summed E-state index contributed by atoms with van der Waals surface area (Å²) in [4.78, 5) is 10.2. The van der Waals surface area contributed by atoms with Gasteiger partial charge in [0.1, 0.15) is 11.9 Å². The molecular weight excluding hydrogens is 227 g/mol. The third kappa shape index (κ3) is 2.52. The van der Waals surface area contributed by atoms with Gasteiger partial charge in [-0.05, 0) is 31.5 Å². The first kappa shape index (κ1) is 11.8. The van der Waals surface area contributed by atoms with Crippen molar-refractivity contribution in [3.05, 3.63) is 33.6 Å². The molecule has 0 amide bonds. The molecule has 2 rings (SSSR count). The van der Waals surface area contributed by atoms with Crippen molar-refractivity contribution in [2.24, 2.45) is 0 Å². The zero-order valence-electron chi connectivity index (χ0n) is 9.40. The van der Waals surface area contributed by atoms with E-state index in [0.29, 0.717) is 12.1 Å². The molecule has 0 radical (unpaired) electrons. The van der Waals surface area contributed by atoms with E-state index in [1.54, 1.807) is 6.92 Å².